The van der Waals surface area contributed by atoms with Crippen molar-refractivity contribution in [3.8, 4) is 0 Å². The molecule has 82 valence electrons. The van der Waals surface area contributed by atoms with Gasteiger partial charge in [-0.05, 0) is 24.6 Å². The lowest BCUT2D eigenvalue weighted by atomic mass is 10.1. The van der Waals surface area contributed by atoms with E-state index >= 15 is 0 Å². The molecule has 4 heteroatoms. The Kier molecular flexibility index (Phi) is 4.59. The number of hydrogen-bond acceptors (Lipinski definition) is 2. The Balaban J connectivity index is 2.54. The Labute approximate surface area is 94.2 Å². The molecule has 0 saturated carbocycles. The van der Waals surface area contributed by atoms with Crippen molar-refractivity contribution in [2.75, 3.05) is 6.61 Å². The highest BCUT2D eigenvalue weighted by molar-refractivity contribution is 6.30. The zero-order chi connectivity index (χ0) is 11.3. The number of carbonyl (C=O) groups excluding carboxylic acids is 1. The summed E-state index contributed by atoms with van der Waals surface area (Å²) in [5, 5.41) is 0.690. The van der Waals surface area contributed by atoms with E-state index in [9.17, 15) is 4.79 Å². The quantitative estimate of drug-likeness (QED) is 0.784. The lowest BCUT2D eigenvalue weighted by molar-refractivity contribution is -0.407. The molecule has 1 aromatic rings. The standard InChI is InChI=1S/C11H14ClNO2/c1-2-15-11(14)10(13)7-8-3-5-9(12)6-4-8/h3-6,10H,2,7,13H2,1H3/p+1/t10-/m0/s1. The maximum absolute atomic E-state index is 11.3. The molecule has 0 radical (unpaired) electrons. The molecular formula is C11H15ClNO2+. The molecule has 0 fully saturated rings. The third-order valence-corrected chi connectivity index (χ3v) is 2.27. The molecule has 0 aromatic heterocycles. The van der Waals surface area contributed by atoms with Gasteiger partial charge in [0.25, 0.3) is 0 Å². The first-order valence-corrected chi connectivity index (χ1v) is 5.25. The zero-order valence-electron chi connectivity index (χ0n) is 8.70. The molecule has 0 aliphatic carbocycles. The zero-order valence-corrected chi connectivity index (χ0v) is 9.46. The summed E-state index contributed by atoms with van der Waals surface area (Å²) in [5.41, 5.74) is 4.80. The second-order valence-corrected chi connectivity index (χ2v) is 3.72. The molecular weight excluding hydrogens is 214 g/mol. The molecule has 3 N–H and O–H groups in total. The van der Waals surface area contributed by atoms with Crippen molar-refractivity contribution in [1.29, 1.82) is 0 Å². The van der Waals surface area contributed by atoms with Gasteiger partial charge >= 0.3 is 5.97 Å². The summed E-state index contributed by atoms with van der Waals surface area (Å²) in [6, 6.07) is 7.02. The molecule has 0 bridgehead atoms. The third-order valence-electron chi connectivity index (χ3n) is 2.02. The van der Waals surface area contributed by atoms with Gasteiger partial charge in [0.2, 0.25) is 0 Å². The number of quaternary nitrogens is 1. The smallest absolute Gasteiger partial charge is 0.365 e. The Morgan fingerprint density at radius 1 is 1.47 bits per heavy atom. The van der Waals surface area contributed by atoms with Crippen LogP contribution in [0.1, 0.15) is 12.5 Å². The molecule has 0 unspecified atom stereocenters. The minimum atomic E-state index is -0.355. The van der Waals surface area contributed by atoms with Gasteiger partial charge in [-0.3, -0.25) is 0 Å². The fourth-order valence-corrected chi connectivity index (χ4v) is 1.37. The van der Waals surface area contributed by atoms with Crippen LogP contribution in [0.15, 0.2) is 24.3 Å². The molecule has 0 spiro atoms. The van der Waals surface area contributed by atoms with E-state index in [1.165, 1.54) is 0 Å². The molecule has 0 aliphatic heterocycles. The van der Waals surface area contributed by atoms with Crippen LogP contribution in [0.2, 0.25) is 5.02 Å². The van der Waals surface area contributed by atoms with Crippen molar-refractivity contribution >= 4 is 17.6 Å². The van der Waals surface area contributed by atoms with Crippen molar-refractivity contribution in [2.45, 2.75) is 19.4 Å². The summed E-state index contributed by atoms with van der Waals surface area (Å²) in [6.07, 6.45) is 0.579. The van der Waals surface area contributed by atoms with Crippen molar-refractivity contribution < 1.29 is 15.3 Å². The molecule has 0 heterocycles. The second-order valence-electron chi connectivity index (χ2n) is 3.28. The van der Waals surface area contributed by atoms with Gasteiger partial charge < -0.3 is 10.5 Å². The molecule has 1 aromatic carbocycles. The van der Waals surface area contributed by atoms with E-state index in [-0.39, 0.29) is 12.0 Å². The van der Waals surface area contributed by atoms with Crippen molar-refractivity contribution in [3.63, 3.8) is 0 Å². The van der Waals surface area contributed by atoms with E-state index in [1.54, 1.807) is 19.1 Å². The number of ether oxygens (including phenoxy) is 1. The number of carbonyl (C=O) groups is 1. The Morgan fingerprint density at radius 2 is 2.07 bits per heavy atom. The number of rotatable bonds is 4. The van der Waals surface area contributed by atoms with Crippen molar-refractivity contribution in [2.24, 2.45) is 0 Å². The van der Waals surface area contributed by atoms with Gasteiger partial charge in [-0.15, -0.1) is 0 Å². The average molecular weight is 229 g/mol. The molecule has 0 amide bonds. The second kappa shape index (κ2) is 5.73. The molecule has 3 nitrogen and oxygen atoms in total. The van der Waals surface area contributed by atoms with Crippen LogP contribution >= 0.6 is 11.6 Å². The van der Waals surface area contributed by atoms with Gasteiger partial charge in [-0.1, -0.05) is 23.7 Å². The van der Waals surface area contributed by atoms with Crippen LogP contribution < -0.4 is 5.73 Å². The van der Waals surface area contributed by atoms with Gasteiger partial charge in [0, 0.05) is 11.4 Å². The van der Waals surface area contributed by atoms with E-state index in [2.05, 4.69) is 5.73 Å². The summed E-state index contributed by atoms with van der Waals surface area (Å²) < 4.78 is 4.87. The van der Waals surface area contributed by atoms with Crippen LogP contribution in [0.25, 0.3) is 0 Å². The van der Waals surface area contributed by atoms with Crippen LogP contribution in [-0.2, 0) is 16.0 Å². The summed E-state index contributed by atoms with van der Waals surface area (Å²) in [7, 11) is 0. The maximum Gasteiger partial charge on any atom is 0.365 e. The number of benzene rings is 1. The summed E-state index contributed by atoms with van der Waals surface area (Å²) >= 11 is 5.75. The number of hydrogen-bond donors (Lipinski definition) is 1. The Morgan fingerprint density at radius 3 is 2.60 bits per heavy atom. The largest absolute Gasteiger partial charge is 0.462 e. The minimum absolute atomic E-state index is 0.257. The third kappa shape index (κ3) is 3.90. The highest BCUT2D eigenvalue weighted by Gasteiger charge is 2.18. The van der Waals surface area contributed by atoms with Crippen LogP contribution in [0.5, 0.6) is 0 Å². The van der Waals surface area contributed by atoms with Gasteiger partial charge in [0.15, 0.2) is 6.04 Å². The van der Waals surface area contributed by atoms with Gasteiger partial charge in [0.1, 0.15) is 0 Å². The molecule has 1 atom stereocenters. The van der Waals surface area contributed by atoms with Gasteiger partial charge in [-0.25, -0.2) is 4.79 Å². The van der Waals surface area contributed by atoms with Gasteiger partial charge in [0.05, 0.1) is 6.61 Å². The number of esters is 1. The van der Waals surface area contributed by atoms with Crippen LogP contribution in [0, 0.1) is 0 Å². The lowest BCUT2D eigenvalue weighted by Gasteiger charge is -2.07. The molecule has 0 aliphatic rings. The monoisotopic (exact) mass is 228 g/mol. The topological polar surface area (TPSA) is 53.9 Å². The first kappa shape index (κ1) is 12.0. The Hall–Kier alpha value is -1.06. The lowest BCUT2D eigenvalue weighted by Crippen LogP contribution is -2.66. The molecule has 1 rings (SSSR count). The van der Waals surface area contributed by atoms with Gasteiger partial charge in [-0.2, -0.15) is 0 Å². The summed E-state index contributed by atoms with van der Waals surface area (Å²) in [4.78, 5) is 11.3. The predicted octanol–water partition coefficient (Wildman–Crippen LogP) is 1.06. The minimum Gasteiger partial charge on any atom is -0.462 e. The highest BCUT2D eigenvalue weighted by Crippen LogP contribution is 2.10. The SMILES string of the molecule is CCOC(=O)[C@@H]([NH3+])Cc1ccc(Cl)cc1. The fourth-order valence-electron chi connectivity index (χ4n) is 1.25. The average Bonchev–Trinajstić information content (AvgIpc) is 2.22. The summed E-state index contributed by atoms with van der Waals surface area (Å²) in [5.74, 6) is -0.257. The highest BCUT2D eigenvalue weighted by atomic mass is 35.5. The van der Waals surface area contributed by atoms with E-state index in [1.807, 2.05) is 12.1 Å². The first-order chi connectivity index (χ1) is 7.13. The van der Waals surface area contributed by atoms with Crippen molar-refractivity contribution in [1.82, 2.24) is 0 Å². The van der Waals surface area contributed by atoms with E-state index in [4.69, 9.17) is 16.3 Å². The first-order valence-electron chi connectivity index (χ1n) is 4.87. The summed E-state index contributed by atoms with van der Waals surface area (Å²) in [6.45, 7) is 2.18. The van der Waals surface area contributed by atoms with E-state index < -0.39 is 0 Å². The normalized spacial score (nSPS) is 12.2. The molecule has 0 saturated heterocycles. The fraction of sp³-hybridized carbons (Fsp3) is 0.364. The number of halogens is 1. The van der Waals surface area contributed by atoms with Crippen LogP contribution in [0.3, 0.4) is 0 Å². The predicted molar refractivity (Wildman–Crippen MR) is 58.5 cm³/mol. The molecule has 15 heavy (non-hydrogen) atoms. The Bertz CT molecular complexity index is 324. The van der Waals surface area contributed by atoms with Crippen molar-refractivity contribution in [3.05, 3.63) is 34.9 Å². The maximum atomic E-state index is 11.3. The van der Waals surface area contributed by atoms with Crippen LogP contribution in [-0.4, -0.2) is 18.6 Å². The van der Waals surface area contributed by atoms with E-state index in [0.29, 0.717) is 18.1 Å². The van der Waals surface area contributed by atoms with E-state index in [0.717, 1.165) is 5.56 Å². The van der Waals surface area contributed by atoms with Crippen LogP contribution in [0.4, 0.5) is 0 Å².